The number of hydrogen-bond acceptors (Lipinski definition) is 4. The van der Waals surface area contributed by atoms with Crippen LogP contribution in [0.5, 0.6) is 5.75 Å². The van der Waals surface area contributed by atoms with Crippen LogP contribution in [-0.4, -0.2) is 29.0 Å². The number of aldehydes is 1. The van der Waals surface area contributed by atoms with E-state index in [0.29, 0.717) is 22.2 Å². The Morgan fingerprint density at radius 1 is 1.41 bits per heavy atom. The summed E-state index contributed by atoms with van der Waals surface area (Å²) in [6, 6.07) is 6.52. The molecule has 5 nitrogen and oxygen atoms in total. The number of fused-ring (bicyclic) bond motifs is 1. The van der Waals surface area contributed by atoms with E-state index in [4.69, 9.17) is 9.84 Å². The monoisotopic (exact) mass is 231 g/mol. The average molecular weight is 231 g/mol. The van der Waals surface area contributed by atoms with Crippen molar-refractivity contribution < 1.29 is 19.4 Å². The van der Waals surface area contributed by atoms with Crippen molar-refractivity contribution in [2.24, 2.45) is 0 Å². The van der Waals surface area contributed by atoms with Gasteiger partial charge in [0.05, 0.1) is 5.52 Å². The molecule has 0 saturated heterocycles. The van der Waals surface area contributed by atoms with Gasteiger partial charge in [-0.1, -0.05) is 0 Å². The molecule has 0 unspecified atom stereocenters. The lowest BCUT2D eigenvalue weighted by Crippen LogP contribution is -2.09. The minimum absolute atomic E-state index is 0.404. The van der Waals surface area contributed by atoms with E-state index in [1.807, 2.05) is 0 Å². The molecule has 2 aromatic rings. The van der Waals surface area contributed by atoms with Gasteiger partial charge in [-0.2, -0.15) is 0 Å². The Morgan fingerprint density at radius 3 is 2.94 bits per heavy atom. The fraction of sp³-hybridized carbons (Fsp3) is 0.0833. The summed E-state index contributed by atoms with van der Waals surface area (Å²) in [5, 5.41) is 9.20. The van der Waals surface area contributed by atoms with Crippen molar-refractivity contribution in [1.29, 1.82) is 0 Å². The van der Waals surface area contributed by atoms with E-state index >= 15 is 0 Å². The van der Waals surface area contributed by atoms with Crippen LogP contribution in [-0.2, 0) is 4.79 Å². The normalized spacial score (nSPS) is 10.1. The van der Waals surface area contributed by atoms with Crippen LogP contribution in [0.25, 0.3) is 10.9 Å². The van der Waals surface area contributed by atoms with Gasteiger partial charge < -0.3 is 9.84 Å². The third-order valence-electron chi connectivity index (χ3n) is 2.24. The van der Waals surface area contributed by atoms with Crippen molar-refractivity contribution in [3.63, 3.8) is 0 Å². The molecule has 0 saturated carbocycles. The van der Waals surface area contributed by atoms with Crippen molar-refractivity contribution in [1.82, 2.24) is 4.98 Å². The first-order valence-corrected chi connectivity index (χ1v) is 4.89. The fourth-order valence-electron chi connectivity index (χ4n) is 1.49. The maximum Gasteiger partial charge on any atom is 0.341 e. The molecule has 1 aromatic heterocycles. The lowest BCUT2D eigenvalue weighted by atomic mass is 10.1. The summed E-state index contributed by atoms with van der Waals surface area (Å²) in [5.74, 6) is -0.629. The quantitative estimate of drug-likeness (QED) is 0.807. The number of aliphatic carboxylic acids is 1. The van der Waals surface area contributed by atoms with Gasteiger partial charge in [0.1, 0.15) is 5.75 Å². The second-order valence-corrected chi connectivity index (χ2v) is 3.38. The molecule has 1 heterocycles. The number of rotatable bonds is 4. The molecule has 0 radical (unpaired) electrons. The third kappa shape index (κ3) is 2.39. The number of carbonyl (C=O) groups excluding carboxylic acids is 1. The van der Waals surface area contributed by atoms with Crippen LogP contribution >= 0.6 is 0 Å². The maximum absolute atomic E-state index is 10.8. The molecule has 0 atom stereocenters. The summed E-state index contributed by atoms with van der Waals surface area (Å²) in [6.45, 7) is -0.404. The zero-order chi connectivity index (χ0) is 12.3. The van der Waals surface area contributed by atoms with E-state index < -0.39 is 12.6 Å². The van der Waals surface area contributed by atoms with Crippen LogP contribution in [0.3, 0.4) is 0 Å². The third-order valence-corrected chi connectivity index (χ3v) is 2.24. The van der Waals surface area contributed by atoms with Gasteiger partial charge in [0.25, 0.3) is 0 Å². The molecule has 0 spiro atoms. The molecule has 86 valence electrons. The number of carboxylic acids is 1. The molecule has 0 aliphatic rings. The van der Waals surface area contributed by atoms with E-state index in [0.717, 1.165) is 6.29 Å². The lowest BCUT2D eigenvalue weighted by Gasteiger charge is -2.05. The van der Waals surface area contributed by atoms with Crippen molar-refractivity contribution in [2.45, 2.75) is 0 Å². The summed E-state index contributed by atoms with van der Waals surface area (Å²) in [4.78, 5) is 25.2. The SMILES string of the molecule is O=Cc1ccnc2cc(OCC(=O)O)ccc12. The van der Waals surface area contributed by atoms with E-state index in [9.17, 15) is 9.59 Å². The number of benzene rings is 1. The topological polar surface area (TPSA) is 76.5 Å². The number of pyridine rings is 1. The highest BCUT2D eigenvalue weighted by Crippen LogP contribution is 2.21. The van der Waals surface area contributed by atoms with E-state index in [1.54, 1.807) is 24.3 Å². The summed E-state index contributed by atoms with van der Waals surface area (Å²) in [7, 11) is 0. The smallest absolute Gasteiger partial charge is 0.341 e. The lowest BCUT2D eigenvalue weighted by molar-refractivity contribution is -0.139. The summed E-state index contributed by atoms with van der Waals surface area (Å²) in [6.07, 6.45) is 2.27. The Labute approximate surface area is 96.7 Å². The highest BCUT2D eigenvalue weighted by Gasteiger charge is 2.04. The molecule has 17 heavy (non-hydrogen) atoms. The van der Waals surface area contributed by atoms with Crippen LogP contribution in [0.1, 0.15) is 10.4 Å². The van der Waals surface area contributed by atoms with Crippen LogP contribution in [0.15, 0.2) is 30.5 Å². The standard InChI is InChI=1S/C12H9NO4/c14-6-8-3-4-13-11-5-9(1-2-10(8)11)17-7-12(15)16/h1-6H,7H2,(H,15,16). The van der Waals surface area contributed by atoms with Gasteiger partial charge in [-0.15, -0.1) is 0 Å². The first-order valence-electron chi connectivity index (χ1n) is 4.89. The van der Waals surface area contributed by atoms with Crippen LogP contribution in [0.4, 0.5) is 0 Å². The summed E-state index contributed by atoms with van der Waals surface area (Å²) >= 11 is 0. The number of aromatic nitrogens is 1. The van der Waals surface area contributed by atoms with Crippen LogP contribution < -0.4 is 4.74 Å². The highest BCUT2D eigenvalue weighted by molar-refractivity contribution is 5.96. The number of carboxylic acid groups (broad SMARTS) is 1. The molecule has 0 aliphatic carbocycles. The Bertz CT molecular complexity index is 580. The highest BCUT2D eigenvalue weighted by atomic mass is 16.5. The molecular formula is C12H9NO4. The van der Waals surface area contributed by atoms with Gasteiger partial charge in [0.2, 0.25) is 0 Å². The Morgan fingerprint density at radius 2 is 2.24 bits per heavy atom. The van der Waals surface area contributed by atoms with E-state index in [2.05, 4.69) is 4.98 Å². The molecule has 0 amide bonds. The van der Waals surface area contributed by atoms with Gasteiger partial charge >= 0.3 is 5.97 Å². The zero-order valence-corrected chi connectivity index (χ0v) is 8.79. The van der Waals surface area contributed by atoms with Gasteiger partial charge in [0.15, 0.2) is 12.9 Å². The predicted octanol–water partition coefficient (Wildman–Crippen LogP) is 1.51. The molecule has 1 aromatic carbocycles. The van der Waals surface area contributed by atoms with Gasteiger partial charge in [-0.05, 0) is 18.2 Å². The molecule has 5 heteroatoms. The number of ether oxygens (including phenoxy) is 1. The molecule has 0 bridgehead atoms. The average Bonchev–Trinajstić information content (AvgIpc) is 2.35. The Balaban J connectivity index is 2.37. The largest absolute Gasteiger partial charge is 0.482 e. The predicted molar refractivity (Wildman–Crippen MR) is 60.3 cm³/mol. The number of carbonyl (C=O) groups is 2. The van der Waals surface area contributed by atoms with E-state index in [-0.39, 0.29) is 0 Å². The van der Waals surface area contributed by atoms with Crippen molar-refractivity contribution in [3.8, 4) is 5.75 Å². The van der Waals surface area contributed by atoms with Crippen molar-refractivity contribution >= 4 is 23.2 Å². The van der Waals surface area contributed by atoms with Crippen LogP contribution in [0.2, 0.25) is 0 Å². The zero-order valence-electron chi connectivity index (χ0n) is 8.79. The maximum atomic E-state index is 10.8. The first-order chi connectivity index (χ1) is 8.20. The van der Waals surface area contributed by atoms with Gasteiger partial charge in [-0.25, -0.2) is 4.79 Å². The fourth-order valence-corrected chi connectivity index (χ4v) is 1.49. The van der Waals surface area contributed by atoms with Gasteiger partial charge in [-0.3, -0.25) is 9.78 Å². The Kier molecular flexibility index (Phi) is 3.00. The molecule has 1 N–H and O–H groups in total. The minimum atomic E-state index is -1.04. The number of nitrogens with zero attached hydrogens (tertiary/aromatic N) is 1. The summed E-state index contributed by atoms with van der Waals surface area (Å²) in [5.41, 5.74) is 1.14. The molecule has 0 fully saturated rings. The first kappa shape index (κ1) is 11.1. The second-order valence-electron chi connectivity index (χ2n) is 3.38. The molecular weight excluding hydrogens is 222 g/mol. The number of hydrogen-bond donors (Lipinski definition) is 1. The Hall–Kier alpha value is -2.43. The van der Waals surface area contributed by atoms with Crippen molar-refractivity contribution in [3.05, 3.63) is 36.0 Å². The van der Waals surface area contributed by atoms with Gasteiger partial charge in [0, 0.05) is 23.2 Å². The minimum Gasteiger partial charge on any atom is -0.482 e. The molecule has 2 rings (SSSR count). The molecule has 0 aliphatic heterocycles. The van der Waals surface area contributed by atoms with E-state index in [1.165, 1.54) is 6.20 Å². The second kappa shape index (κ2) is 4.61. The van der Waals surface area contributed by atoms with Crippen LogP contribution in [0, 0.1) is 0 Å². The summed E-state index contributed by atoms with van der Waals surface area (Å²) < 4.78 is 5.02. The van der Waals surface area contributed by atoms with Crippen molar-refractivity contribution in [2.75, 3.05) is 6.61 Å².